The van der Waals surface area contributed by atoms with Crippen molar-refractivity contribution < 1.29 is 28.6 Å². The minimum Gasteiger partial charge on any atom is -0.462 e. The van der Waals surface area contributed by atoms with Gasteiger partial charge < -0.3 is 14.2 Å². The molecule has 0 heterocycles. The molecule has 0 aliphatic rings. The number of esters is 3. The molecule has 0 rings (SSSR count). The SMILES string of the molecule is CCCCC/C=C\CCCCCCCC(=O)OCC(COC(=O)CCCCCCCCCCCCCCCCCCCCCCCCCCCCCCCCC)OC(=O)CCCCCCCCCCCCCCCCCCC. The molecule has 1 unspecified atom stereocenters. The van der Waals surface area contributed by atoms with Crippen LogP contribution in [0.5, 0.6) is 0 Å². The van der Waals surface area contributed by atoms with Gasteiger partial charge in [0.25, 0.3) is 0 Å². The zero-order chi connectivity index (χ0) is 56.4. The van der Waals surface area contributed by atoms with E-state index in [4.69, 9.17) is 14.2 Å². The van der Waals surface area contributed by atoms with Crippen LogP contribution in [0.2, 0.25) is 0 Å². The summed E-state index contributed by atoms with van der Waals surface area (Å²) in [4.78, 5) is 38.3. The van der Waals surface area contributed by atoms with Gasteiger partial charge in [-0.3, -0.25) is 14.4 Å². The first-order valence-corrected chi connectivity index (χ1v) is 35.7. The summed E-state index contributed by atoms with van der Waals surface area (Å²) in [5.41, 5.74) is 0. The fourth-order valence-corrected chi connectivity index (χ4v) is 11.2. The van der Waals surface area contributed by atoms with Crippen LogP contribution in [-0.2, 0) is 28.6 Å². The highest BCUT2D eigenvalue weighted by Gasteiger charge is 2.19. The third kappa shape index (κ3) is 65.0. The van der Waals surface area contributed by atoms with E-state index in [9.17, 15) is 14.4 Å². The molecule has 0 radical (unpaired) electrons. The molecule has 0 N–H and O–H groups in total. The Hall–Kier alpha value is -1.85. The first-order chi connectivity index (χ1) is 38.5. The third-order valence-electron chi connectivity index (χ3n) is 16.5. The molecule has 0 aliphatic heterocycles. The minimum atomic E-state index is -0.769. The number of allylic oxidation sites excluding steroid dienone is 2. The van der Waals surface area contributed by atoms with Gasteiger partial charge in [0.05, 0.1) is 0 Å². The summed E-state index contributed by atoms with van der Waals surface area (Å²) < 4.78 is 17.0. The summed E-state index contributed by atoms with van der Waals surface area (Å²) in [7, 11) is 0. The number of carbonyl (C=O) groups excluding carboxylic acids is 3. The molecular formula is C72H138O6. The van der Waals surface area contributed by atoms with Crippen LogP contribution in [0.1, 0.15) is 412 Å². The lowest BCUT2D eigenvalue weighted by Gasteiger charge is -2.18. The Morgan fingerprint density at radius 1 is 0.244 bits per heavy atom. The predicted octanol–water partition coefficient (Wildman–Crippen LogP) is 24.4. The number of ether oxygens (including phenoxy) is 3. The molecule has 6 nitrogen and oxygen atoms in total. The fourth-order valence-electron chi connectivity index (χ4n) is 11.2. The Kier molecular flexibility index (Phi) is 66.0. The molecule has 0 aliphatic carbocycles. The van der Waals surface area contributed by atoms with Crippen molar-refractivity contribution in [3.05, 3.63) is 12.2 Å². The third-order valence-corrected chi connectivity index (χ3v) is 16.5. The monoisotopic (exact) mass is 1100 g/mol. The Balaban J connectivity index is 4.08. The number of rotatable bonds is 67. The standard InChI is InChI=1S/C72H138O6/c1-4-7-10-13-16-19-22-25-27-29-30-31-32-33-34-35-36-37-38-39-40-41-42-44-45-47-50-53-56-59-62-65-71(74)77-68-69(67-76-70(73)64-61-58-55-52-49-24-21-18-15-12-9-6-3)78-72(75)66-63-60-57-54-51-48-46-43-28-26-23-20-17-14-11-8-5-2/h18,21,69H,4-17,19-20,22-68H2,1-3H3/b21-18-. The average Bonchev–Trinajstić information content (AvgIpc) is 3.44. The zero-order valence-electron chi connectivity index (χ0n) is 53.2. The number of carbonyl (C=O) groups is 3. The Morgan fingerprint density at radius 2 is 0.423 bits per heavy atom. The van der Waals surface area contributed by atoms with Crippen LogP contribution in [0.25, 0.3) is 0 Å². The quantitative estimate of drug-likeness (QED) is 0.0261. The van der Waals surface area contributed by atoms with Crippen molar-refractivity contribution in [3.63, 3.8) is 0 Å². The van der Waals surface area contributed by atoms with E-state index in [0.717, 1.165) is 64.2 Å². The second kappa shape index (κ2) is 67.7. The van der Waals surface area contributed by atoms with Gasteiger partial charge in [-0.1, -0.05) is 360 Å². The molecular weight excluding hydrogens is 961 g/mol. The molecule has 78 heavy (non-hydrogen) atoms. The van der Waals surface area contributed by atoms with Crippen LogP contribution in [0.3, 0.4) is 0 Å². The summed E-state index contributed by atoms with van der Waals surface area (Å²) in [6, 6.07) is 0. The van der Waals surface area contributed by atoms with Crippen LogP contribution in [0.15, 0.2) is 12.2 Å². The molecule has 0 fully saturated rings. The maximum atomic E-state index is 12.9. The van der Waals surface area contributed by atoms with E-state index >= 15 is 0 Å². The largest absolute Gasteiger partial charge is 0.462 e. The predicted molar refractivity (Wildman–Crippen MR) is 340 cm³/mol. The molecule has 0 aromatic carbocycles. The summed E-state index contributed by atoms with van der Waals surface area (Å²) in [6.07, 6.45) is 81.2. The van der Waals surface area contributed by atoms with E-state index in [1.165, 1.54) is 308 Å². The molecule has 0 aromatic heterocycles. The molecule has 0 bridgehead atoms. The van der Waals surface area contributed by atoms with Gasteiger partial charge in [-0.25, -0.2) is 0 Å². The normalized spacial score (nSPS) is 12.0. The molecule has 0 aromatic rings. The Bertz CT molecular complexity index is 1210. The van der Waals surface area contributed by atoms with Crippen molar-refractivity contribution in [1.29, 1.82) is 0 Å². The molecule has 1 atom stereocenters. The minimum absolute atomic E-state index is 0.0659. The topological polar surface area (TPSA) is 78.9 Å². The zero-order valence-corrected chi connectivity index (χ0v) is 53.2. The number of unbranched alkanes of at least 4 members (excludes halogenated alkanes) is 54. The summed E-state index contributed by atoms with van der Waals surface area (Å²) in [5, 5.41) is 0. The van der Waals surface area contributed by atoms with Crippen LogP contribution in [0, 0.1) is 0 Å². The maximum Gasteiger partial charge on any atom is 0.306 e. The van der Waals surface area contributed by atoms with Crippen LogP contribution in [0.4, 0.5) is 0 Å². The molecule has 462 valence electrons. The Labute approximate surface area is 488 Å². The van der Waals surface area contributed by atoms with Gasteiger partial charge in [0, 0.05) is 19.3 Å². The summed E-state index contributed by atoms with van der Waals surface area (Å²) in [5.74, 6) is -0.843. The molecule has 6 heteroatoms. The van der Waals surface area contributed by atoms with E-state index in [0.29, 0.717) is 19.3 Å². The average molecular weight is 1100 g/mol. The highest BCUT2D eigenvalue weighted by molar-refractivity contribution is 5.71. The van der Waals surface area contributed by atoms with Crippen LogP contribution >= 0.6 is 0 Å². The van der Waals surface area contributed by atoms with Crippen LogP contribution in [-0.4, -0.2) is 37.2 Å². The lowest BCUT2D eigenvalue weighted by atomic mass is 10.0. The second-order valence-electron chi connectivity index (χ2n) is 24.5. The second-order valence-corrected chi connectivity index (χ2v) is 24.5. The summed E-state index contributed by atoms with van der Waals surface area (Å²) >= 11 is 0. The van der Waals surface area contributed by atoms with Crippen LogP contribution < -0.4 is 0 Å². The maximum absolute atomic E-state index is 12.9. The lowest BCUT2D eigenvalue weighted by Crippen LogP contribution is -2.30. The van der Waals surface area contributed by atoms with Gasteiger partial charge in [0.2, 0.25) is 0 Å². The van der Waals surface area contributed by atoms with Gasteiger partial charge in [0.15, 0.2) is 6.10 Å². The van der Waals surface area contributed by atoms with Gasteiger partial charge >= 0.3 is 17.9 Å². The van der Waals surface area contributed by atoms with Crippen molar-refractivity contribution in [3.8, 4) is 0 Å². The van der Waals surface area contributed by atoms with Crippen molar-refractivity contribution in [2.24, 2.45) is 0 Å². The fraction of sp³-hybridized carbons (Fsp3) is 0.931. The first kappa shape index (κ1) is 76.1. The summed E-state index contributed by atoms with van der Waals surface area (Å²) in [6.45, 7) is 6.69. The smallest absolute Gasteiger partial charge is 0.306 e. The van der Waals surface area contributed by atoms with Gasteiger partial charge in [0.1, 0.15) is 13.2 Å². The van der Waals surface area contributed by atoms with Crippen molar-refractivity contribution in [2.75, 3.05) is 13.2 Å². The van der Waals surface area contributed by atoms with E-state index in [1.807, 2.05) is 0 Å². The lowest BCUT2D eigenvalue weighted by molar-refractivity contribution is -0.167. The van der Waals surface area contributed by atoms with E-state index in [-0.39, 0.29) is 31.1 Å². The van der Waals surface area contributed by atoms with Gasteiger partial charge in [-0.15, -0.1) is 0 Å². The number of hydrogen-bond acceptors (Lipinski definition) is 6. The van der Waals surface area contributed by atoms with E-state index < -0.39 is 6.10 Å². The first-order valence-electron chi connectivity index (χ1n) is 35.7. The highest BCUT2D eigenvalue weighted by atomic mass is 16.6. The highest BCUT2D eigenvalue weighted by Crippen LogP contribution is 2.19. The Morgan fingerprint density at radius 3 is 0.667 bits per heavy atom. The number of hydrogen-bond donors (Lipinski definition) is 0. The van der Waals surface area contributed by atoms with Crippen molar-refractivity contribution in [1.82, 2.24) is 0 Å². The molecule has 0 amide bonds. The van der Waals surface area contributed by atoms with Crippen molar-refractivity contribution in [2.45, 2.75) is 419 Å². The van der Waals surface area contributed by atoms with E-state index in [2.05, 4.69) is 32.9 Å². The molecule has 0 saturated heterocycles. The van der Waals surface area contributed by atoms with Gasteiger partial charge in [-0.05, 0) is 44.9 Å². The molecule has 0 spiro atoms. The molecule has 0 saturated carbocycles. The van der Waals surface area contributed by atoms with Gasteiger partial charge in [-0.2, -0.15) is 0 Å². The van der Waals surface area contributed by atoms with E-state index in [1.54, 1.807) is 0 Å². The van der Waals surface area contributed by atoms with Crippen molar-refractivity contribution >= 4 is 17.9 Å².